The third-order valence-corrected chi connectivity index (χ3v) is 12.0. The summed E-state index contributed by atoms with van der Waals surface area (Å²) in [7, 11) is 1.62. The number of carbonyl (C=O) groups is 1. The maximum absolute atomic E-state index is 12.8. The number of amides is 1. The molecule has 3 unspecified atom stereocenters. The Kier molecular flexibility index (Phi) is 39.1. The molecule has 0 heterocycles. The average Bonchev–Trinajstić information content (AvgIpc) is 3.15. The molecule has 56 heavy (non-hydrogen) atoms. The molecular weight excluding hydrogens is 719 g/mol. The second kappa shape index (κ2) is 39.7. The van der Waals surface area contributed by atoms with E-state index < -0.39 is 20.0 Å². The van der Waals surface area contributed by atoms with Crippen molar-refractivity contribution in [3.05, 3.63) is 12.2 Å². The van der Waals surface area contributed by atoms with Gasteiger partial charge in [0.25, 0.3) is 0 Å². The Morgan fingerprint density at radius 2 is 0.964 bits per heavy atom. The number of aliphatic hydroxyl groups is 1. The predicted molar refractivity (Wildman–Crippen MR) is 240 cm³/mol. The fourth-order valence-corrected chi connectivity index (χ4v) is 7.89. The molecule has 0 fully saturated rings. The molecule has 0 saturated carbocycles. The van der Waals surface area contributed by atoms with Crippen LogP contribution in [0, 0.1) is 0 Å². The standard InChI is InChI=1S/C47H95N2O6P/c1-6-8-10-12-14-15-16-17-18-19-20-21-22-23-24-25-26-27-28-29-30-31-32-33-35-37-39-41-47(51)48-45(46(50)40-38-36-34-13-11-9-7-2)44-55-56(52,53)54-43-42-49(3,4)5/h19-20,45-46,50H,6-18,21-44H2,1-5H3,(H-,48,51,52,53)/p+1/b20-19-. The van der Waals surface area contributed by atoms with Gasteiger partial charge >= 0.3 is 7.82 Å². The van der Waals surface area contributed by atoms with E-state index in [0.29, 0.717) is 23.9 Å². The highest BCUT2D eigenvalue weighted by Crippen LogP contribution is 2.43. The first-order valence-corrected chi connectivity index (χ1v) is 25.5. The van der Waals surface area contributed by atoms with Gasteiger partial charge in [-0.25, -0.2) is 4.57 Å². The van der Waals surface area contributed by atoms with Crippen molar-refractivity contribution in [2.24, 2.45) is 0 Å². The first-order valence-electron chi connectivity index (χ1n) is 24.1. The summed E-state index contributed by atoms with van der Waals surface area (Å²) in [6, 6.07) is -0.753. The summed E-state index contributed by atoms with van der Waals surface area (Å²) >= 11 is 0. The molecular formula is C47H96N2O6P+. The van der Waals surface area contributed by atoms with Gasteiger partial charge in [-0.3, -0.25) is 13.8 Å². The van der Waals surface area contributed by atoms with Gasteiger partial charge in [-0.2, -0.15) is 0 Å². The van der Waals surface area contributed by atoms with Crippen LogP contribution in [0.1, 0.15) is 232 Å². The number of phosphoric acid groups is 1. The van der Waals surface area contributed by atoms with E-state index in [1.54, 1.807) is 0 Å². The molecule has 0 aliphatic heterocycles. The zero-order chi connectivity index (χ0) is 41.4. The van der Waals surface area contributed by atoms with E-state index in [1.165, 1.54) is 167 Å². The molecule has 0 aliphatic rings. The Labute approximate surface area is 348 Å². The van der Waals surface area contributed by atoms with Crippen molar-refractivity contribution < 1.29 is 32.9 Å². The van der Waals surface area contributed by atoms with Crippen molar-refractivity contribution in [1.82, 2.24) is 5.32 Å². The van der Waals surface area contributed by atoms with E-state index in [-0.39, 0.29) is 19.1 Å². The number of phosphoric ester groups is 1. The minimum Gasteiger partial charge on any atom is -0.391 e. The van der Waals surface area contributed by atoms with Crippen molar-refractivity contribution in [2.45, 2.75) is 244 Å². The number of aliphatic hydroxyl groups excluding tert-OH is 1. The fraction of sp³-hybridized carbons (Fsp3) is 0.936. The smallest absolute Gasteiger partial charge is 0.391 e. The summed E-state index contributed by atoms with van der Waals surface area (Å²) in [5, 5.41) is 13.8. The Balaban J connectivity index is 3.96. The molecule has 0 rings (SSSR count). The Bertz CT molecular complexity index is 927. The van der Waals surface area contributed by atoms with Gasteiger partial charge in [0.1, 0.15) is 13.2 Å². The first-order chi connectivity index (χ1) is 27.0. The van der Waals surface area contributed by atoms with Crippen LogP contribution in [-0.4, -0.2) is 73.4 Å². The number of carbonyl (C=O) groups excluding carboxylic acids is 1. The first kappa shape index (κ1) is 55.2. The van der Waals surface area contributed by atoms with E-state index in [9.17, 15) is 19.4 Å². The molecule has 9 heteroatoms. The topological polar surface area (TPSA) is 105 Å². The lowest BCUT2D eigenvalue weighted by Gasteiger charge is -2.26. The van der Waals surface area contributed by atoms with E-state index >= 15 is 0 Å². The van der Waals surface area contributed by atoms with E-state index in [4.69, 9.17) is 9.05 Å². The summed E-state index contributed by atoms with van der Waals surface area (Å²) in [6.45, 7) is 4.85. The molecule has 0 radical (unpaired) electrons. The Morgan fingerprint density at radius 1 is 0.589 bits per heavy atom. The van der Waals surface area contributed by atoms with Crippen LogP contribution in [0.2, 0.25) is 0 Å². The number of nitrogens with one attached hydrogen (secondary N) is 1. The third-order valence-electron chi connectivity index (χ3n) is 11.0. The Morgan fingerprint density at radius 3 is 1.38 bits per heavy atom. The van der Waals surface area contributed by atoms with Gasteiger partial charge < -0.3 is 19.8 Å². The van der Waals surface area contributed by atoms with Crippen molar-refractivity contribution in [2.75, 3.05) is 40.9 Å². The molecule has 0 aromatic rings. The van der Waals surface area contributed by atoms with Crippen molar-refractivity contribution in [1.29, 1.82) is 0 Å². The molecule has 0 aliphatic carbocycles. The largest absolute Gasteiger partial charge is 0.472 e. The van der Waals surface area contributed by atoms with Crippen LogP contribution in [-0.2, 0) is 18.4 Å². The molecule has 8 nitrogen and oxygen atoms in total. The second-order valence-electron chi connectivity index (χ2n) is 17.8. The number of unbranched alkanes of at least 4 members (excludes halogenated alkanes) is 29. The summed E-state index contributed by atoms with van der Waals surface area (Å²) in [5.74, 6) is -0.146. The van der Waals surface area contributed by atoms with Gasteiger partial charge in [-0.1, -0.05) is 199 Å². The molecule has 0 spiro atoms. The highest BCUT2D eigenvalue weighted by Gasteiger charge is 2.28. The fourth-order valence-electron chi connectivity index (χ4n) is 7.16. The van der Waals surface area contributed by atoms with Gasteiger partial charge in [-0.05, 0) is 38.5 Å². The van der Waals surface area contributed by atoms with Crippen molar-refractivity contribution >= 4 is 13.7 Å². The van der Waals surface area contributed by atoms with Gasteiger partial charge in [0.05, 0.1) is 39.9 Å². The Hall–Kier alpha value is -0.760. The summed E-state index contributed by atoms with van der Waals surface area (Å²) < 4.78 is 23.5. The number of allylic oxidation sites excluding steroid dienone is 2. The van der Waals surface area contributed by atoms with Gasteiger partial charge in [0.15, 0.2) is 0 Å². The van der Waals surface area contributed by atoms with Crippen molar-refractivity contribution in [3.8, 4) is 0 Å². The minimum atomic E-state index is -4.30. The van der Waals surface area contributed by atoms with E-state index in [0.717, 1.165) is 38.5 Å². The monoisotopic (exact) mass is 816 g/mol. The van der Waals surface area contributed by atoms with E-state index in [2.05, 4.69) is 31.3 Å². The van der Waals surface area contributed by atoms with Gasteiger partial charge in [0.2, 0.25) is 5.91 Å². The zero-order valence-electron chi connectivity index (χ0n) is 37.9. The highest BCUT2D eigenvalue weighted by atomic mass is 31.2. The molecule has 3 N–H and O–H groups in total. The predicted octanol–water partition coefficient (Wildman–Crippen LogP) is 13.5. The summed E-state index contributed by atoms with van der Waals surface area (Å²) in [6.07, 6.45) is 45.6. The highest BCUT2D eigenvalue weighted by molar-refractivity contribution is 7.47. The lowest BCUT2D eigenvalue weighted by atomic mass is 10.0. The molecule has 0 aromatic carbocycles. The molecule has 3 atom stereocenters. The summed E-state index contributed by atoms with van der Waals surface area (Å²) in [5.41, 5.74) is 0. The number of hydrogen-bond donors (Lipinski definition) is 3. The second-order valence-corrected chi connectivity index (χ2v) is 19.3. The quantitative estimate of drug-likeness (QED) is 0.0245. The zero-order valence-corrected chi connectivity index (χ0v) is 38.8. The third kappa shape index (κ3) is 41.4. The van der Waals surface area contributed by atoms with Crippen molar-refractivity contribution in [3.63, 3.8) is 0 Å². The van der Waals surface area contributed by atoms with Crippen LogP contribution >= 0.6 is 7.82 Å². The van der Waals surface area contributed by atoms with E-state index in [1.807, 2.05) is 21.1 Å². The van der Waals surface area contributed by atoms with Gasteiger partial charge in [0, 0.05) is 6.42 Å². The van der Waals surface area contributed by atoms with Crippen LogP contribution in [0.25, 0.3) is 0 Å². The van der Waals surface area contributed by atoms with Crippen LogP contribution < -0.4 is 5.32 Å². The lowest BCUT2D eigenvalue weighted by Crippen LogP contribution is -2.46. The average molecular weight is 816 g/mol. The molecule has 1 amide bonds. The van der Waals surface area contributed by atoms with Crippen LogP contribution in [0.4, 0.5) is 0 Å². The van der Waals surface area contributed by atoms with Crippen LogP contribution in [0.3, 0.4) is 0 Å². The molecule has 334 valence electrons. The summed E-state index contributed by atoms with van der Waals surface area (Å²) in [4.78, 5) is 23.1. The number of likely N-dealkylation sites (N-methyl/N-ethyl adjacent to an activating group) is 1. The SMILES string of the molecule is CCCCCCCCCC/C=C\CCCCCCCCCCCCCCCCCC(=O)NC(COP(=O)(O)OCC[N+](C)(C)C)C(O)CCCCCCCCC. The number of rotatable bonds is 44. The molecule has 0 bridgehead atoms. The van der Waals surface area contributed by atoms with Gasteiger partial charge in [-0.15, -0.1) is 0 Å². The number of nitrogens with zero attached hydrogens (tertiary/aromatic N) is 1. The number of hydrogen-bond acceptors (Lipinski definition) is 5. The number of quaternary nitrogens is 1. The molecule has 0 aromatic heterocycles. The minimum absolute atomic E-state index is 0.0765. The normalized spacial score (nSPS) is 14.3. The maximum atomic E-state index is 12.8. The molecule has 0 saturated heterocycles. The maximum Gasteiger partial charge on any atom is 0.472 e. The van der Waals surface area contributed by atoms with Crippen LogP contribution in [0.15, 0.2) is 12.2 Å². The van der Waals surface area contributed by atoms with Crippen LogP contribution in [0.5, 0.6) is 0 Å². The lowest BCUT2D eigenvalue weighted by molar-refractivity contribution is -0.870.